The molecule has 0 aromatic rings. The molecule has 7 nitrogen and oxygen atoms in total. The van der Waals surface area contributed by atoms with E-state index in [4.69, 9.17) is 25.2 Å². The quantitative estimate of drug-likeness (QED) is 0.514. The number of rotatable bonds is 6. The van der Waals surface area contributed by atoms with Crippen molar-refractivity contribution >= 4 is 11.9 Å². The van der Waals surface area contributed by atoms with Gasteiger partial charge < -0.3 is 25.2 Å². The van der Waals surface area contributed by atoms with Gasteiger partial charge in [0.05, 0.1) is 25.4 Å². The van der Waals surface area contributed by atoms with Crippen LogP contribution in [0.4, 0.5) is 0 Å². The standard InChI is InChI=1S/C6H14O3.2C3H4O2/c1-5(8)4-9-6(2)3-7;2*1-2-3(4)5/h5-8H,3-4H2,1-2H3;2*2H,1H2,(H,4,5). The van der Waals surface area contributed by atoms with Crippen LogP contribution in [-0.4, -0.2) is 57.8 Å². The average Bonchev–Trinajstić information content (AvgIpc) is 2.37. The molecular formula is C12H22O7. The Bertz CT molecular complexity index is 243. The van der Waals surface area contributed by atoms with Crippen molar-refractivity contribution in [2.24, 2.45) is 0 Å². The predicted octanol–water partition coefficient (Wildman–Crippen LogP) is 0.279. The van der Waals surface area contributed by atoms with E-state index in [0.29, 0.717) is 6.61 Å². The van der Waals surface area contributed by atoms with Gasteiger partial charge in [0.15, 0.2) is 0 Å². The van der Waals surface area contributed by atoms with Gasteiger partial charge in [0.1, 0.15) is 0 Å². The molecule has 0 amide bonds. The Morgan fingerprint density at radius 3 is 1.63 bits per heavy atom. The van der Waals surface area contributed by atoms with Crippen molar-refractivity contribution < 1.29 is 34.8 Å². The molecule has 0 fully saturated rings. The minimum atomic E-state index is -0.981. The second kappa shape index (κ2) is 16.3. The molecule has 0 aliphatic rings. The third-order valence-electron chi connectivity index (χ3n) is 1.23. The molecule has 0 aromatic carbocycles. The van der Waals surface area contributed by atoms with E-state index in [1.807, 2.05) is 0 Å². The molecule has 0 aromatic heterocycles. The van der Waals surface area contributed by atoms with Gasteiger partial charge in [-0.1, -0.05) is 13.2 Å². The molecule has 0 bridgehead atoms. The second-order valence-corrected chi connectivity index (χ2v) is 3.26. The first-order valence-electron chi connectivity index (χ1n) is 5.32. The van der Waals surface area contributed by atoms with Gasteiger partial charge in [-0.2, -0.15) is 0 Å². The third kappa shape index (κ3) is 38.5. The molecule has 2 atom stereocenters. The van der Waals surface area contributed by atoms with Gasteiger partial charge in [-0.3, -0.25) is 0 Å². The molecule has 0 rings (SSSR count). The Kier molecular flexibility index (Phi) is 19.3. The first-order valence-corrected chi connectivity index (χ1v) is 5.32. The van der Waals surface area contributed by atoms with Gasteiger partial charge in [-0.05, 0) is 13.8 Å². The van der Waals surface area contributed by atoms with E-state index in [0.717, 1.165) is 12.2 Å². The van der Waals surface area contributed by atoms with Gasteiger partial charge in [-0.25, -0.2) is 9.59 Å². The lowest BCUT2D eigenvalue weighted by Crippen LogP contribution is -2.19. The zero-order valence-corrected chi connectivity index (χ0v) is 11.2. The van der Waals surface area contributed by atoms with E-state index in [1.165, 1.54) is 0 Å². The predicted molar refractivity (Wildman–Crippen MR) is 69.8 cm³/mol. The molecule has 0 radical (unpaired) electrons. The molecule has 0 spiro atoms. The number of carboxylic acids is 2. The highest BCUT2D eigenvalue weighted by atomic mass is 16.5. The van der Waals surface area contributed by atoms with Gasteiger partial charge in [0.25, 0.3) is 0 Å². The number of aliphatic hydroxyl groups excluding tert-OH is 2. The van der Waals surface area contributed by atoms with Gasteiger partial charge in [0, 0.05) is 12.2 Å². The topological polar surface area (TPSA) is 124 Å². The van der Waals surface area contributed by atoms with Crippen LogP contribution in [0.3, 0.4) is 0 Å². The van der Waals surface area contributed by atoms with E-state index >= 15 is 0 Å². The summed E-state index contributed by atoms with van der Waals surface area (Å²) in [7, 11) is 0. The van der Waals surface area contributed by atoms with E-state index in [9.17, 15) is 9.59 Å². The van der Waals surface area contributed by atoms with Gasteiger partial charge in [0.2, 0.25) is 0 Å². The fourth-order valence-electron chi connectivity index (χ4n) is 0.356. The molecule has 112 valence electrons. The van der Waals surface area contributed by atoms with E-state index in [2.05, 4.69) is 13.2 Å². The highest BCUT2D eigenvalue weighted by Crippen LogP contribution is 1.90. The van der Waals surface area contributed by atoms with Gasteiger partial charge >= 0.3 is 11.9 Å². The van der Waals surface area contributed by atoms with Crippen LogP contribution in [0.5, 0.6) is 0 Å². The fourth-order valence-corrected chi connectivity index (χ4v) is 0.356. The summed E-state index contributed by atoms with van der Waals surface area (Å²) in [5.41, 5.74) is 0. The summed E-state index contributed by atoms with van der Waals surface area (Å²) in [6.45, 7) is 9.62. The van der Waals surface area contributed by atoms with E-state index in [1.54, 1.807) is 13.8 Å². The normalized spacial score (nSPS) is 11.6. The van der Waals surface area contributed by atoms with Crippen LogP contribution in [0.25, 0.3) is 0 Å². The molecule has 0 heterocycles. The smallest absolute Gasteiger partial charge is 0.327 e. The molecule has 4 N–H and O–H groups in total. The Hall–Kier alpha value is -1.70. The van der Waals surface area contributed by atoms with Crippen molar-refractivity contribution in [3.05, 3.63) is 25.3 Å². The minimum Gasteiger partial charge on any atom is -0.478 e. The number of aliphatic hydroxyl groups is 2. The van der Waals surface area contributed by atoms with Crippen LogP contribution in [0.15, 0.2) is 25.3 Å². The minimum absolute atomic E-state index is 0.00667. The lowest BCUT2D eigenvalue weighted by molar-refractivity contribution is -0.132. The average molecular weight is 278 g/mol. The SMILES string of the molecule is C=CC(=O)O.C=CC(=O)O.CC(O)COC(C)CO. The van der Waals surface area contributed by atoms with Crippen molar-refractivity contribution in [1.82, 2.24) is 0 Å². The zero-order chi connectivity index (χ0) is 15.8. The monoisotopic (exact) mass is 278 g/mol. The van der Waals surface area contributed by atoms with Crippen molar-refractivity contribution in [1.29, 1.82) is 0 Å². The summed E-state index contributed by atoms with van der Waals surface area (Å²) < 4.78 is 4.95. The first kappa shape index (κ1) is 22.5. The largest absolute Gasteiger partial charge is 0.478 e. The van der Waals surface area contributed by atoms with Crippen molar-refractivity contribution in [2.45, 2.75) is 26.1 Å². The van der Waals surface area contributed by atoms with Crippen LogP contribution in [0.1, 0.15) is 13.8 Å². The number of aliphatic carboxylic acids is 2. The Balaban J connectivity index is -0.000000219. The Morgan fingerprint density at radius 2 is 1.47 bits per heavy atom. The molecule has 7 heteroatoms. The zero-order valence-electron chi connectivity index (χ0n) is 11.2. The van der Waals surface area contributed by atoms with Crippen molar-refractivity contribution in [2.75, 3.05) is 13.2 Å². The van der Waals surface area contributed by atoms with Crippen LogP contribution in [-0.2, 0) is 14.3 Å². The molecule has 0 aliphatic heterocycles. The molecule has 0 saturated heterocycles. The summed E-state index contributed by atoms with van der Waals surface area (Å²) in [6, 6.07) is 0. The molecular weight excluding hydrogens is 256 g/mol. The first-order chi connectivity index (χ1) is 8.70. The van der Waals surface area contributed by atoms with Crippen LogP contribution < -0.4 is 0 Å². The Morgan fingerprint density at radius 1 is 1.16 bits per heavy atom. The van der Waals surface area contributed by atoms with Gasteiger partial charge in [-0.15, -0.1) is 0 Å². The summed E-state index contributed by atoms with van der Waals surface area (Å²) in [5, 5.41) is 32.3. The number of carbonyl (C=O) groups is 2. The maximum absolute atomic E-state index is 9.25. The highest BCUT2D eigenvalue weighted by molar-refractivity contribution is 5.79. The molecule has 19 heavy (non-hydrogen) atoms. The Labute approximate surface area is 112 Å². The number of carboxylic acid groups (broad SMARTS) is 2. The van der Waals surface area contributed by atoms with Crippen LogP contribution in [0, 0.1) is 0 Å². The number of hydrogen-bond donors (Lipinski definition) is 4. The highest BCUT2D eigenvalue weighted by Gasteiger charge is 2.00. The van der Waals surface area contributed by atoms with Crippen LogP contribution >= 0.6 is 0 Å². The second-order valence-electron chi connectivity index (χ2n) is 3.26. The molecule has 2 unspecified atom stereocenters. The van der Waals surface area contributed by atoms with E-state index < -0.39 is 18.0 Å². The summed E-state index contributed by atoms with van der Waals surface area (Å²) in [5.74, 6) is -1.96. The maximum Gasteiger partial charge on any atom is 0.327 e. The molecule has 0 aliphatic carbocycles. The third-order valence-corrected chi connectivity index (χ3v) is 1.23. The maximum atomic E-state index is 9.25. The van der Waals surface area contributed by atoms with E-state index in [-0.39, 0.29) is 12.7 Å². The van der Waals surface area contributed by atoms with Crippen molar-refractivity contribution in [3.8, 4) is 0 Å². The fraction of sp³-hybridized carbons (Fsp3) is 0.500. The number of hydrogen-bond acceptors (Lipinski definition) is 5. The van der Waals surface area contributed by atoms with Crippen LogP contribution in [0.2, 0.25) is 0 Å². The lowest BCUT2D eigenvalue weighted by atomic mass is 10.4. The number of ether oxygens (including phenoxy) is 1. The van der Waals surface area contributed by atoms with Crippen molar-refractivity contribution in [3.63, 3.8) is 0 Å². The lowest BCUT2D eigenvalue weighted by Gasteiger charge is -2.10. The summed E-state index contributed by atoms with van der Waals surface area (Å²) >= 11 is 0. The molecule has 0 saturated carbocycles. The summed E-state index contributed by atoms with van der Waals surface area (Å²) in [4.78, 5) is 18.5. The summed E-state index contributed by atoms with van der Waals surface area (Å²) in [6.07, 6.45) is 1.05.